The minimum Gasteiger partial charge on any atom is -0.484 e. The fourth-order valence-corrected chi connectivity index (χ4v) is 4.85. The van der Waals surface area contributed by atoms with Gasteiger partial charge in [-0.25, -0.2) is 0 Å². The highest BCUT2D eigenvalue weighted by Crippen LogP contribution is 2.49. The summed E-state index contributed by atoms with van der Waals surface area (Å²) in [5.41, 5.74) is -1.24. The normalized spacial score (nSPS) is 25.0. The zero-order valence-electron chi connectivity index (χ0n) is 19.5. The van der Waals surface area contributed by atoms with Gasteiger partial charge in [0.1, 0.15) is 5.75 Å². The number of fused-ring (bicyclic) bond motifs is 1. The molecule has 1 aliphatic carbocycles. The Hall–Kier alpha value is -2.87. The first-order valence-corrected chi connectivity index (χ1v) is 11.4. The second kappa shape index (κ2) is 8.73. The highest BCUT2D eigenvalue weighted by Gasteiger charge is 2.68. The maximum Gasteiger partial charge on any atom is 0.439 e. The van der Waals surface area contributed by atoms with E-state index in [1.807, 2.05) is 49.4 Å². The van der Waals surface area contributed by atoms with Crippen LogP contribution in [0.5, 0.6) is 5.75 Å². The van der Waals surface area contributed by atoms with Crippen molar-refractivity contribution in [2.45, 2.75) is 57.3 Å². The minimum atomic E-state index is -5.04. The van der Waals surface area contributed by atoms with E-state index in [0.29, 0.717) is 18.6 Å². The van der Waals surface area contributed by atoms with Crippen molar-refractivity contribution in [3.05, 3.63) is 65.7 Å². The molecule has 0 unspecified atom stereocenters. The molecule has 4 rings (SSSR count). The summed E-state index contributed by atoms with van der Waals surface area (Å²) in [6, 6.07) is 17.1. The summed E-state index contributed by atoms with van der Waals surface area (Å²) < 4.78 is 47.4. The molecule has 0 bridgehead atoms. The summed E-state index contributed by atoms with van der Waals surface area (Å²) in [4.78, 5) is 12.8. The van der Waals surface area contributed by atoms with Gasteiger partial charge in [0.25, 0.3) is 11.6 Å². The number of benzene rings is 2. The first kappa shape index (κ1) is 24.3. The smallest absolute Gasteiger partial charge is 0.439 e. The monoisotopic (exact) mass is 474 g/mol. The number of ether oxygens (including phenoxy) is 1. The van der Waals surface area contributed by atoms with Gasteiger partial charge >= 0.3 is 6.18 Å². The highest BCUT2D eigenvalue weighted by atomic mass is 19.4. The number of aliphatic hydroxyl groups is 1. The van der Waals surface area contributed by atoms with Crippen LogP contribution in [0.2, 0.25) is 0 Å². The number of carbonyl (C=O) groups is 1. The zero-order chi connectivity index (χ0) is 24.7. The zero-order valence-corrected chi connectivity index (χ0v) is 19.5. The lowest BCUT2D eigenvalue weighted by atomic mass is 9.76. The number of hydrazone groups is 1. The molecule has 1 N–H and O–H groups in total. The molecule has 0 aromatic heterocycles. The molecule has 182 valence electrons. The highest BCUT2D eigenvalue weighted by molar-refractivity contribution is 5.93. The van der Waals surface area contributed by atoms with E-state index < -0.39 is 30.3 Å². The first-order valence-electron chi connectivity index (χ1n) is 11.4. The van der Waals surface area contributed by atoms with E-state index in [1.54, 1.807) is 12.1 Å². The van der Waals surface area contributed by atoms with Crippen molar-refractivity contribution < 1.29 is 27.8 Å². The Kier molecular flexibility index (Phi) is 6.23. The average molecular weight is 475 g/mol. The Balaban J connectivity index is 1.47. The number of carbonyl (C=O) groups excluding carboxylic acids is 1. The van der Waals surface area contributed by atoms with Gasteiger partial charge in [-0.1, -0.05) is 63.2 Å². The molecule has 0 saturated heterocycles. The van der Waals surface area contributed by atoms with Gasteiger partial charge in [0.2, 0.25) is 0 Å². The van der Waals surface area contributed by atoms with E-state index in [4.69, 9.17) is 4.74 Å². The molecule has 2 aromatic rings. The molecular formula is C26H29F3N2O3. The van der Waals surface area contributed by atoms with Crippen LogP contribution in [0.4, 0.5) is 13.2 Å². The fraction of sp³-hybridized carbons (Fsp3) is 0.462. The van der Waals surface area contributed by atoms with Crippen molar-refractivity contribution in [1.29, 1.82) is 0 Å². The predicted octanol–water partition coefficient (Wildman–Crippen LogP) is 5.28. The van der Waals surface area contributed by atoms with Gasteiger partial charge in [-0.3, -0.25) is 4.79 Å². The lowest BCUT2D eigenvalue weighted by Crippen LogP contribution is -2.62. The molecular weight excluding hydrogens is 445 g/mol. The molecule has 5 nitrogen and oxygen atoms in total. The van der Waals surface area contributed by atoms with E-state index >= 15 is 0 Å². The Bertz CT molecular complexity index is 1070. The lowest BCUT2D eigenvalue weighted by molar-refractivity contribution is -0.318. The molecule has 3 atom stereocenters. The van der Waals surface area contributed by atoms with E-state index in [9.17, 15) is 23.1 Å². The first-order chi connectivity index (χ1) is 15.9. The van der Waals surface area contributed by atoms with Crippen molar-refractivity contribution in [2.24, 2.45) is 16.9 Å². The molecule has 1 saturated carbocycles. The Morgan fingerprint density at radius 3 is 2.35 bits per heavy atom. The third-order valence-electron chi connectivity index (χ3n) is 7.06. The van der Waals surface area contributed by atoms with Gasteiger partial charge in [-0.05, 0) is 48.4 Å². The Labute approximate surface area is 197 Å². The molecule has 1 amide bonds. The van der Waals surface area contributed by atoms with Crippen molar-refractivity contribution in [1.82, 2.24) is 5.01 Å². The molecule has 2 aliphatic rings. The van der Waals surface area contributed by atoms with Crippen LogP contribution >= 0.6 is 0 Å². The number of alkyl halides is 3. The number of hydrogen-bond acceptors (Lipinski definition) is 4. The van der Waals surface area contributed by atoms with Crippen molar-refractivity contribution in [3.63, 3.8) is 0 Å². The second-order valence-electron chi connectivity index (χ2n) is 9.76. The molecule has 1 fully saturated rings. The molecule has 34 heavy (non-hydrogen) atoms. The molecule has 2 aromatic carbocycles. The number of amides is 1. The van der Waals surface area contributed by atoms with Crippen LogP contribution < -0.4 is 4.74 Å². The number of hydrogen-bond donors (Lipinski definition) is 1. The maximum atomic E-state index is 14.0. The second-order valence-corrected chi connectivity index (χ2v) is 9.76. The summed E-state index contributed by atoms with van der Waals surface area (Å²) in [6.45, 7) is 5.35. The predicted molar refractivity (Wildman–Crippen MR) is 122 cm³/mol. The number of rotatable bonds is 5. The van der Waals surface area contributed by atoms with Crippen LogP contribution in [0.1, 0.15) is 51.2 Å². The van der Waals surface area contributed by atoms with Crippen LogP contribution in [-0.2, 0) is 10.2 Å². The fourth-order valence-electron chi connectivity index (χ4n) is 4.85. The quantitative estimate of drug-likeness (QED) is 0.642. The van der Waals surface area contributed by atoms with Gasteiger partial charge in [0.15, 0.2) is 6.61 Å². The summed E-state index contributed by atoms with van der Waals surface area (Å²) in [7, 11) is 0. The van der Waals surface area contributed by atoms with Gasteiger partial charge in [0.05, 0.1) is 5.92 Å². The molecule has 1 heterocycles. The standard InChI is InChI=1S/C26H29F3N2O3/c1-17-9-14-22-21(15-17)25(33,26(27,28)29)31(30-22)23(32)16-34-20-12-10-19(11-13-20)24(2,3)18-7-5-4-6-8-18/h4-8,10-13,17,21,33H,9,14-16H2,1-3H3/t17-,21-,25-/m1/s1. The van der Waals surface area contributed by atoms with Crippen LogP contribution in [-0.4, -0.2) is 40.2 Å². The average Bonchev–Trinajstić information content (AvgIpc) is 3.11. The Morgan fingerprint density at radius 2 is 1.74 bits per heavy atom. The Morgan fingerprint density at radius 1 is 1.12 bits per heavy atom. The lowest BCUT2D eigenvalue weighted by Gasteiger charge is -2.39. The summed E-state index contributed by atoms with van der Waals surface area (Å²) >= 11 is 0. The topological polar surface area (TPSA) is 62.1 Å². The van der Waals surface area contributed by atoms with E-state index in [1.165, 1.54) is 0 Å². The van der Waals surface area contributed by atoms with Crippen LogP contribution in [0.15, 0.2) is 59.7 Å². The SMILES string of the molecule is C[C@@H]1CCC2=NN(C(=O)COc3ccc(C(C)(C)c4ccccc4)cc3)[C@](O)(C(F)(F)F)[C@@H]2C1. The van der Waals surface area contributed by atoms with E-state index in [0.717, 1.165) is 11.1 Å². The van der Waals surface area contributed by atoms with Crippen LogP contribution in [0.3, 0.4) is 0 Å². The summed E-state index contributed by atoms with van der Waals surface area (Å²) in [5.74, 6) is -1.94. The van der Waals surface area contributed by atoms with Crippen molar-refractivity contribution in [2.75, 3.05) is 6.61 Å². The number of halogens is 3. The largest absolute Gasteiger partial charge is 0.484 e. The molecule has 8 heteroatoms. The van der Waals surface area contributed by atoms with E-state index in [-0.39, 0.29) is 28.5 Å². The van der Waals surface area contributed by atoms with Crippen LogP contribution in [0.25, 0.3) is 0 Å². The van der Waals surface area contributed by atoms with Gasteiger partial charge in [-0.2, -0.15) is 23.3 Å². The third-order valence-corrected chi connectivity index (χ3v) is 7.06. The molecule has 0 radical (unpaired) electrons. The summed E-state index contributed by atoms with van der Waals surface area (Å²) in [6.07, 6.45) is -3.92. The van der Waals surface area contributed by atoms with Gasteiger partial charge < -0.3 is 9.84 Å². The number of nitrogens with zero attached hydrogens (tertiary/aromatic N) is 2. The van der Waals surface area contributed by atoms with E-state index in [2.05, 4.69) is 18.9 Å². The third kappa shape index (κ3) is 4.19. The molecule has 0 spiro atoms. The van der Waals surface area contributed by atoms with Crippen LogP contribution in [0, 0.1) is 11.8 Å². The maximum absolute atomic E-state index is 14.0. The molecule has 1 aliphatic heterocycles. The summed E-state index contributed by atoms with van der Waals surface area (Å²) in [5, 5.41) is 14.8. The van der Waals surface area contributed by atoms with Crippen molar-refractivity contribution >= 4 is 11.6 Å². The van der Waals surface area contributed by atoms with Gasteiger partial charge in [0, 0.05) is 11.1 Å². The van der Waals surface area contributed by atoms with Crippen molar-refractivity contribution in [3.8, 4) is 5.75 Å². The minimum absolute atomic E-state index is 0.00257. The van der Waals surface area contributed by atoms with Gasteiger partial charge in [-0.15, -0.1) is 0 Å².